The molecule has 0 bridgehead atoms. The summed E-state index contributed by atoms with van der Waals surface area (Å²) in [5.41, 5.74) is 0. The third kappa shape index (κ3) is 2.94. The zero-order valence-electron chi connectivity index (χ0n) is 9.93. The van der Waals surface area contributed by atoms with Gasteiger partial charge in [-0.2, -0.15) is 0 Å². The predicted octanol–water partition coefficient (Wildman–Crippen LogP) is 1.13. The molecule has 1 saturated heterocycles. The highest BCUT2D eigenvalue weighted by atomic mass is 79.9. The minimum Gasteiger partial charge on any atom is -0.394 e. The average molecular weight is 302 g/mol. The molecular formula is C11H16BrN3O2. The van der Waals surface area contributed by atoms with Crippen LogP contribution < -0.4 is 4.90 Å². The Labute approximate surface area is 109 Å². The molecule has 1 aliphatic rings. The Morgan fingerprint density at radius 1 is 1.59 bits per heavy atom. The van der Waals surface area contributed by atoms with Crippen LogP contribution in [0.3, 0.4) is 0 Å². The van der Waals surface area contributed by atoms with E-state index in [-0.39, 0.29) is 18.8 Å². The number of hydrogen-bond acceptors (Lipinski definition) is 5. The molecule has 0 spiro atoms. The summed E-state index contributed by atoms with van der Waals surface area (Å²) < 4.78 is 6.28. The molecular weight excluding hydrogens is 286 g/mol. The van der Waals surface area contributed by atoms with E-state index < -0.39 is 0 Å². The van der Waals surface area contributed by atoms with Gasteiger partial charge in [0.05, 0.1) is 25.4 Å². The van der Waals surface area contributed by atoms with Gasteiger partial charge in [-0.3, -0.25) is 0 Å². The van der Waals surface area contributed by atoms with Gasteiger partial charge >= 0.3 is 0 Å². The SMILES string of the molecule is Cc1nc(Br)cc(N2CC(CO)OCC2C)n1. The van der Waals surface area contributed by atoms with Crippen LogP contribution in [-0.2, 0) is 4.74 Å². The summed E-state index contributed by atoms with van der Waals surface area (Å²) in [6.45, 7) is 5.24. The number of aromatic nitrogens is 2. The molecule has 2 unspecified atom stereocenters. The maximum Gasteiger partial charge on any atom is 0.133 e. The number of morpholine rings is 1. The van der Waals surface area contributed by atoms with Crippen molar-refractivity contribution in [2.24, 2.45) is 0 Å². The van der Waals surface area contributed by atoms with Crippen LogP contribution in [0.15, 0.2) is 10.7 Å². The zero-order valence-corrected chi connectivity index (χ0v) is 11.5. The number of hydrogen-bond donors (Lipinski definition) is 1. The van der Waals surface area contributed by atoms with Crippen molar-refractivity contribution in [1.82, 2.24) is 9.97 Å². The number of aliphatic hydroxyl groups excluding tert-OH is 1. The number of halogens is 1. The molecule has 0 aromatic carbocycles. The second-order valence-corrected chi connectivity index (χ2v) is 5.05. The van der Waals surface area contributed by atoms with Crippen LogP contribution in [0, 0.1) is 6.92 Å². The Kier molecular flexibility index (Phi) is 3.96. The van der Waals surface area contributed by atoms with Gasteiger partial charge in [0.25, 0.3) is 0 Å². The van der Waals surface area contributed by atoms with Gasteiger partial charge in [0.15, 0.2) is 0 Å². The van der Waals surface area contributed by atoms with E-state index in [1.807, 2.05) is 13.0 Å². The molecule has 2 heterocycles. The van der Waals surface area contributed by atoms with E-state index in [2.05, 4.69) is 37.7 Å². The highest BCUT2D eigenvalue weighted by Crippen LogP contribution is 2.22. The molecule has 94 valence electrons. The number of rotatable bonds is 2. The second-order valence-electron chi connectivity index (χ2n) is 4.24. The minimum atomic E-state index is -0.139. The highest BCUT2D eigenvalue weighted by molar-refractivity contribution is 9.10. The van der Waals surface area contributed by atoms with Crippen LogP contribution in [-0.4, -0.2) is 47.0 Å². The quantitative estimate of drug-likeness (QED) is 0.830. The highest BCUT2D eigenvalue weighted by Gasteiger charge is 2.26. The van der Waals surface area contributed by atoms with E-state index in [1.165, 1.54) is 0 Å². The Balaban J connectivity index is 2.24. The van der Waals surface area contributed by atoms with Crippen LogP contribution >= 0.6 is 15.9 Å². The monoisotopic (exact) mass is 301 g/mol. The van der Waals surface area contributed by atoms with Crippen LogP contribution in [0.5, 0.6) is 0 Å². The van der Waals surface area contributed by atoms with E-state index in [0.717, 1.165) is 16.2 Å². The second kappa shape index (κ2) is 5.29. The fourth-order valence-corrected chi connectivity index (χ4v) is 2.37. The number of anilines is 1. The molecule has 2 atom stereocenters. The molecule has 0 radical (unpaired) electrons. The number of nitrogens with zero attached hydrogens (tertiary/aromatic N) is 3. The van der Waals surface area contributed by atoms with Crippen molar-refractivity contribution in [3.05, 3.63) is 16.5 Å². The topological polar surface area (TPSA) is 58.5 Å². The van der Waals surface area contributed by atoms with Crippen molar-refractivity contribution in [3.63, 3.8) is 0 Å². The number of ether oxygens (including phenoxy) is 1. The van der Waals surface area contributed by atoms with E-state index in [4.69, 9.17) is 9.84 Å². The summed E-state index contributed by atoms with van der Waals surface area (Å²) in [6, 6.07) is 2.14. The molecule has 1 N–H and O–H groups in total. The normalized spacial score (nSPS) is 25.1. The molecule has 1 aliphatic heterocycles. The van der Waals surface area contributed by atoms with Gasteiger partial charge in [-0.15, -0.1) is 0 Å². The first kappa shape index (κ1) is 12.7. The van der Waals surface area contributed by atoms with Crippen molar-refractivity contribution in [3.8, 4) is 0 Å². The van der Waals surface area contributed by atoms with Crippen LogP contribution in [0.2, 0.25) is 0 Å². The van der Waals surface area contributed by atoms with Gasteiger partial charge in [0.2, 0.25) is 0 Å². The molecule has 17 heavy (non-hydrogen) atoms. The molecule has 1 aromatic heterocycles. The number of aliphatic hydroxyl groups is 1. The molecule has 1 fully saturated rings. The lowest BCUT2D eigenvalue weighted by molar-refractivity contribution is -0.0105. The lowest BCUT2D eigenvalue weighted by Gasteiger charge is -2.38. The maximum absolute atomic E-state index is 9.16. The average Bonchev–Trinajstić information content (AvgIpc) is 2.28. The fourth-order valence-electron chi connectivity index (χ4n) is 1.91. The van der Waals surface area contributed by atoms with Crippen molar-refractivity contribution in [2.45, 2.75) is 26.0 Å². The Morgan fingerprint density at radius 3 is 3.00 bits per heavy atom. The first-order valence-electron chi connectivity index (χ1n) is 5.60. The van der Waals surface area contributed by atoms with Crippen LogP contribution in [0.4, 0.5) is 5.82 Å². The molecule has 0 saturated carbocycles. The van der Waals surface area contributed by atoms with E-state index in [0.29, 0.717) is 13.2 Å². The third-order valence-electron chi connectivity index (χ3n) is 2.80. The maximum atomic E-state index is 9.16. The first-order valence-corrected chi connectivity index (χ1v) is 6.39. The molecule has 1 aromatic rings. The largest absolute Gasteiger partial charge is 0.394 e. The van der Waals surface area contributed by atoms with Crippen molar-refractivity contribution >= 4 is 21.7 Å². The lowest BCUT2D eigenvalue weighted by Crippen LogP contribution is -2.50. The Morgan fingerprint density at radius 2 is 2.35 bits per heavy atom. The smallest absolute Gasteiger partial charge is 0.133 e. The standard InChI is InChI=1S/C11H16BrN3O2/c1-7-6-17-9(5-16)4-15(7)11-3-10(12)13-8(2)14-11/h3,7,9,16H,4-6H2,1-2H3. The van der Waals surface area contributed by atoms with Crippen LogP contribution in [0.1, 0.15) is 12.7 Å². The molecule has 0 amide bonds. The molecule has 2 rings (SSSR count). The summed E-state index contributed by atoms with van der Waals surface area (Å²) >= 11 is 3.37. The number of aryl methyl sites for hydroxylation is 1. The van der Waals surface area contributed by atoms with Crippen molar-refractivity contribution in [2.75, 3.05) is 24.7 Å². The van der Waals surface area contributed by atoms with E-state index >= 15 is 0 Å². The van der Waals surface area contributed by atoms with E-state index in [9.17, 15) is 0 Å². The van der Waals surface area contributed by atoms with Gasteiger partial charge in [-0.25, -0.2) is 9.97 Å². The van der Waals surface area contributed by atoms with Gasteiger partial charge in [-0.1, -0.05) is 0 Å². The summed E-state index contributed by atoms with van der Waals surface area (Å²) in [5, 5.41) is 9.16. The summed E-state index contributed by atoms with van der Waals surface area (Å²) in [5.74, 6) is 1.60. The van der Waals surface area contributed by atoms with Gasteiger partial charge in [-0.05, 0) is 29.8 Å². The zero-order chi connectivity index (χ0) is 12.4. The fraction of sp³-hybridized carbons (Fsp3) is 0.636. The molecule has 6 heteroatoms. The summed E-state index contributed by atoms with van der Waals surface area (Å²) in [6.07, 6.45) is -0.139. The summed E-state index contributed by atoms with van der Waals surface area (Å²) in [7, 11) is 0. The minimum absolute atomic E-state index is 0.0362. The third-order valence-corrected chi connectivity index (χ3v) is 3.20. The van der Waals surface area contributed by atoms with Gasteiger partial charge in [0.1, 0.15) is 16.2 Å². The van der Waals surface area contributed by atoms with Gasteiger partial charge in [0, 0.05) is 12.6 Å². The Hall–Kier alpha value is -0.720. The van der Waals surface area contributed by atoms with Crippen molar-refractivity contribution < 1.29 is 9.84 Å². The predicted molar refractivity (Wildman–Crippen MR) is 68.1 cm³/mol. The van der Waals surface area contributed by atoms with Crippen LogP contribution in [0.25, 0.3) is 0 Å². The Bertz CT molecular complexity index is 382. The van der Waals surface area contributed by atoms with Crippen molar-refractivity contribution in [1.29, 1.82) is 0 Å². The molecule has 0 aliphatic carbocycles. The summed E-state index contributed by atoms with van der Waals surface area (Å²) in [4.78, 5) is 10.8. The molecule has 5 nitrogen and oxygen atoms in total. The van der Waals surface area contributed by atoms with Gasteiger partial charge < -0.3 is 14.7 Å². The van der Waals surface area contributed by atoms with E-state index in [1.54, 1.807) is 0 Å². The lowest BCUT2D eigenvalue weighted by atomic mass is 10.2. The first-order chi connectivity index (χ1) is 8.10.